The van der Waals surface area contributed by atoms with Gasteiger partial charge in [-0.2, -0.15) is 0 Å². The van der Waals surface area contributed by atoms with E-state index in [2.05, 4.69) is 20.8 Å². The molecule has 0 spiro atoms. The first-order valence-corrected chi connectivity index (χ1v) is 4.50. The molecule has 1 aliphatic rings. The van der Waals surface area contributed by atoms with Gasteiger partial charge in [0, 0.05) is 5.56 Å². The summed E-state index contributed by atoms with van der Waals surface area (Å²) < 4.78 is 1.49. The minimum absolute atomic E-state index is 0.117. The molecule has 2 aromatic rings. The second-order valence-corrected chi connectivity index (χ2v) is 3.25. The van der Waals surface area contributed by atoms with Gasteiger partial charge in [0.2, 0.25) is 5.91 Å². The fourth-order valence-electron chi connectivity index (χ4n) is 1.62. The molecule has 1 aromatic carbocycles. The Bertz CT molecular complexity index is 533. The molecule has 1 N–H and O–H groups in total. The van der Waals surface area contributed by atoms with Gasteiger partial charge in [-0.25, -0.2) is 4.68 Å². The Morgan fingerprint density at radius 2 is 2.20 bits per heavy atom. The molecule has 2 heterocycles. The van der Waals surface area contributed by atoms with Crippen LogP contribution in [0.3, 0.4) is 0 Å². The van der Waals surface area contributed by atoms with Crippen molar-refractivity contribution in [2.75, 3.05) is 5.32 Å². The topological polar surface area (TPSA) is 72.7 Å². The van der Waals surface area contributed by atoms with Crippen LogP contribution in [0.4, 0.5) is 5.69 Å². The SMILES string of the molecule is O=C1Cn2nnnc2-c2ccccc2N1. The average Bonchev–Trinajstić information content (AvgIpc) is 2.62. The van der Waals surface area contributed by atoms with Crippen LogP contribution >= 0.6 is 0 Å². The van der Waals surface area contributed by atoms with Crippen LogP contribution in [0.5, 0.6) is 0 Å². The first kappa shape index (κ1) is 8.10. The van der Waals surface area contributed by atoms with Gasteiger partial charge in [0.15, 0.2) is 5.82 Å². The fraction of sp³-hybridized carbons (Fsp3) is 0.111. The van der Waals surface area contributed by atoms with Gasteiger partial charge in [-0.3, -0.25) is 4.79 Å². The predicted molar refractivity (Wildman–Crippen MR) is 51.9 cm³/mol. The molecule has 0 unspecified atom stereocenters. The molecule has 0 aliphatic carbocycles. The van der Waals surface area contributed by atoms with Gasteiger partial charge >= 0.3 is 0 Å². The number of carbonyl (C=O) groups excluding carboxylic acids is 1. The van der Waals surface area contributed by atoms with Gasteiger partial charge in [0.25, 0.3) is 0 Å². The maximum atomic E-state index is 11.5. The molecule has 1 aliphatic heterocycles. The summed E-state index contributed by atoms with van der Waals surface area (Å²) in [5, 5.41) is 14.0. The van der Waals surface area contributed by atoms with E-state index >= 15 is 0 Å². The molecule has 0 atom stereocenters. The summed E-state index contributed by atoms with van der Waals surface area (Å²) >= 11 is 0. The van der Waals surface area contributed by atoms with Crippen molar-refractivity contribution in [1.29, 1.82) is 0 Å². The van der Waals surface area contributed by atoms with Crippen molar-refractivity contribution in [1.82, 2.24) is 20.2 Å². The van der Waals surface area contributed by atoms with E-state index in [0.29, 0.717) is 5.82 Å². The van der Waals surface area contributed by atoms with Crippen LogP contribution in [0.2, 0.25) is 0 Å². The molecule has 1 amide bonds. The minimum atomic E-state index is -0.117. The molecular weight excluding hydrogens is 194 g/mol. The molecule has 3 rings (SSSR count). The highest BCUT2D eigenvalue weighted by Crippen LogP contribution is 2.27. The van der Waals surface area contributed by atoms with Gasteiger partial charge < -0.3 is 5.32 Å². The fourth-order valence-corrected chi connectivity index (χ4v) is 1.62. The first-order chi connectivity index (χ1) is 7.34. The van der Waals surface area contributed by atoms with Crippen molar-refractivity contribution < 1.29 is 4.79 Å². The van der Waals surface area contributed by atoms with Crippen molar-refractivity contribution >= 4 is 11.6 Å². The summed E-state index contributed by atoms with van der Waals surface area (Å²) in [4.78, 5) is 11.5. The summed E-state index contributed by atoms with van der Waals surface area (Å²) in [6, 6.07) is 7.45. The van der Waals surface area contributed by atoms with Gasteiger partial charge in [-0.1, -0.05) is 12.1 Å². The molecule has 6 heteroatoms. The Morgan fingerprint density at radius 1 is 1.33 bits per heavy atom. The molecule has 0 radical (unpaired) electrons. The number of fused-ring (bicyclic) bond motifs is 3. The summed E-state index contributed by atoms with van der Waals surface area (Å²) in [6.45, 7) is 0.150. The number of para-hydroxylation sites is 1. The molecule has 0 saturated heterocycles. The van der Waals surface area contributed by atoms with Gasteiger partial charge in [-0.15, -0.1) is 5.10 Å². The van der Waals surface area contributed by atoms with Crippen molar-refractivity contribution in [3.8, 4) is 11.4 Å². The van der Waals surface area contributed by atoms with Crippen LogP contribution in [0.25, 0.3) is 11.4 Å². The average molecular weight is 201 g/mol. The Labute approximate surface area is 84.9 Å². The summed E-state index contributed by atoms with van der Waals surface area (Å²) in [5.41, 5.74) is 1.59. The lowest BCUT2D eigenvalue weighted by Gasteiger charge is -2.03. The largest absolute Gasteiger partial charge is 0.324 e. The van der Waals surface area contributed by atoms with Crippen LogP contribution < -0.4 is 5.32 Å². The van der Waals surface area contributed by atoms with E-state index in [9.17, 15) is 4.79 Å². The molecule has 6 nitrogen and oxygen atoms in total. The third kappa shape index (κ3) is 1.18. The molecule has 1 aromatic heterocycles. The lowest BCUT2D eigenvalue weighted by atomic mass is 10.1. The molecule has 74 valence electrons. The maximum absolute atomic E-state index is 11.5. The second kappa shape index (κ2) is 2.88. The van der Waals surface area contributed by atoms with E-state index in [1.54, 1.807) is 0 Å². The zero-order chi connectivity index (χ0) is 10.3. The Morgan fingerprint density at radius 3 is 3.13 bits per heavy atom. The van der Waals surface area contributed by atoms with Gasteiger partial charge in [-0.05, 0) is 22.6 Å². The smallest absolute Gasteiger partial charge is 0.246 e. The second-order valence-electron chi connectivity index (χ2n) is 3.25. The van der Waals surface area contributed by atoms with Crippen molar-refractivity contribution in [3.05, 3.63) is 24.3 Å². The summed E-state index contributed by atoms with van der Waals surface area (Å²) in [7, 11) is 0. The Kier molecular flexibility index (Phi) is 1.55. The molecule has 0 fully saturated rings. The molecule has 15 heavy (non-hydrogen) atoms. The van der Waals surface area contributed by atoms with Gasteiger partial charge in [0.05, 0.1) is 5.69 Å². The van der Waals surface area contributed by atoms with Crippen LogP contribution in [-0.4, -0.2) is 26.1 Å². The number of carbonyl (C=O) groups is 1. The number of nitrogens with one attached hydrogen (secondary N) is 1. The normalized spacial score (nSPS) is 13.7. The van der Waals surface area contributed by atoms with Crippen molar-refractivity contribution in [2.24, 2.45) is 0 Å². The van der Waals surface area contributed by atoms with Crippen molar-refractivity contribution in [3.63, 3.8) is 0 Å². The predicted octanol–water partition coefficient (Wildman–Crippen LogP) is 0.292. The molecular formula is C9H7N5O. The highest BCUT2D eigenvalue weighted by Gasteiger charge is 2.19. The Balaban J connectivity index is 2.29. The lowest BCUT2D eigenvalue weighted by Crippen LogP contribution is -2.17. The van der Waals surface area contributed by atoms with Crippen LogP contribution in [0, 0.1) is 0 Å². The quantitative estimate of drug-likeness (QED) is 0.665. The minimum Gasteiger partial charge on any atom is -0.324 e. The number of rotatable bonds is 0. The zero-order valence-electron chi connectivity index (χ0n) is 7.71. The number of anilines is 1. The number of tetrazole rings is 1. The number of nitrogens with zero attached hydrogens (tertiary/aromatic N) is 4. The monoisotopic (exact) mass is 201 g/mol. The number of aromatic nitrogens is 4. The highest BCUT2D eigenvalue weighted by atomic mass is 16.2. The van der Waals surface area contributed by atoms with E-state index in [-0.39, 0.29) is 12.5 Å². The third-order valence-corrected chi connectivity index (χ3v) is 2.27. The van der Waals surface area contributed by atoms with E-state index in [1.165, 1.54) is 4.68 Å². The molecule has 0 bridgehead atoms. The standard InChI is InChI=1S/C9H7N5O/c15-8-5-14-9(11-12-13-14)6-3-1-2-4-7(6)10-8/h1-4H,5H2,(H,10,15). The number of hydrogen-bond donors (Lipinski definition) is 1. The highest BCUT2D eigenvalue weighted by molar-refractivity contribution is 5.96. The maximum Gasteiger partial charge on any atom is 0.246 e. The van der Waals surface area contributed by atoms with Crippen LogP contribution in [0.15, 0.2) is 24.3 Å². The van der Waals surface area contributed by atoms with Crippen LogP contribution in [-0.2, 0) is 11.3 Å². The lowest BCUT2D eigenvalue weighted by molar-refractivity contribution is -0.116. The number of amides is 1. The zero-order valence-corrected chi connectivity index (χ0v) is 7.71. The first-order valence-electron chi connectivity index (χ1n) is 4.50. The van der Waals surface area contributed by atoms with E-state index in [1.807, 2.05) is 24.3 Å². The summed E-state index contributed by atoms with van der Waals surface area (Å²) in [5.74, 6) is 0.498. The van der Waals surface area contributed by atoms with Crippen LogP contribution in [0.1, 0.15) is 0 Å². The van der Waals surface area contributed by atoms with E-state index in [4.69, 9.17) is 0 Å². The third-order valence-electron chi connectivity index (χ3n) is 2.27. The number of hydrogen-bond acceptors (Lipinski definition) is 4. The van der Waals surface area contributed by atoms with Gasteiger partial charge in [0.1, 0.15) is 6.54 Å². The molecule has 0 saturated carbocycles. The summed E-state index contributed by atoms with van der Waals surface area (Å²) in [6.07, 6.45) is 0. The Hall–Kier alpha value is -2.24. The van der Waals surface area contributed by atoms with E-state index < -0.39 is 0 Å². The van der Waals surface area contributed by atoms with Crippen molar-refractivity contribution in [2.45, 2.75) is 6.54 Å². The number of benzene rings is 1. The van der Waals surface area contributed by atoms with E-state index in [0.717, 1.165) is 11.3 Å².